The number of rotatable bonds is 3. The van der Waals surface area contributed by atoms with E-state index in [0.717, 1.165) is 28.7 Å². The molecule has 0 amide bonds. The van der Waals surface area contributed by atoms with E-state index in [4.69, 9.17) is 10.7 Å². The molecule has 3 atom stereocenters. The van der Waals surface area contributed by atoms with E-state index >= 15 is 0 Å². The number of pyridine rings is 1. The van der Waals surface area contributed by atoms with Crippen molar-refractivity contribution in [1.29, 1.82) is 0 Å². The van der Waals surface area contributed by atoms with Crippen LogP contribution in [-0.2, 0) is 0 Å². The molecule has 0 fully saturated rings. The van der Waals surface area contributed by atoms with Crippen LogP contribution in [0.2, 0.25) is 0 Å². The van der Waals surface area contributed by atoms with Gasteiger partial charge in [0.25, 0.3) is 0 Å². The van der Waals surface area contributed by atoms with Crippen LogP contribution >= 0.6 is 0 Å². The van der Waals surface area contributed by atoms with Crippen LogP contribution in [-0.4, -0.2) is 11.3 Å². The SMILES string of the molecule is C/C=C\C.CC1c2ccccc2NC(c2ccccc2)C1C.Cc1c(-c2ccccc2)nc2ccccc2c1C.Nc1ccccc1.O=Cc1ccccc1. The summed E-state index contributed by atoms with van der Waals surface area (Å²) in [5, 5.41) is 4.94. The molecule has 0 bridgehead atoms. The molecule has 0 spiro atoms. The zero-order chi connectivity index (χ0) is 39.4. The molecule has 1 aliphatic rings. The number of nitrogens with two attached hydrogens (primary N) is 1. The summed E-state index contributed by atoms with van der Waals surface area (Å²) in [6, 6.07) is 57.1. The Kier molecular flexibility index (Phi) is 16.7. The Balaban J connectivity index is 0.000000169. The van der Waals surface area contributed by atoms with Crippen molar-refractivity contribution in [3.05, 3.63) is 210 Å². The fourth-order valence-electron chi connectivity index (χ4n) is 6.28. The van der Waals surface area contributed by atoms with E-state index in [0.29, 0.717) is 17.9 Å². The number of nitrogens with zero attached hydrogens (tertiary/aromatic N) is 1. The first kappa shape index (κ1) is 41.5. The number of carbonyl (C=O) groups is 1. The van der Waals surface area contributed by atoms with Crippen LogP contribution in [0.25, 0.3) is 22.2 Å². The van der Waals surface area contributed by atoms with Gasteiger partial charge in [-0.3, -0.25) is 4.79 Å². The van der Waals surface area contributed by atoms with E-state index in [1.165, 1.54) is 38.9 Å². The van der Waals surface area contributed by atoms with E-state index < -0.39 is 0 Å². The summed E-state index contributed by atoms with van der Waals surface area (Å²) in [6.07, 6.45) is 4.83. The molecule has 4 nitrogen and oxygen atoms in total. The third kappa shape index (κ3) is 12.1. The van der Waals surface area contributed by atoms with Crippen LogP contribution in [0.5, 0.6) is 0 Å². The fraction of sp³-hybridized carbons (Fsp3) is 0.176. The van der Waals surface area contributed by atoms with Gasteiger partial charge in [-0.1, -0.05) is 172 Å². The van der Waals surface area contributed by atoms with Crippen molar-refractivity contribution in [3.8, 4) is 11.3 Å². The molecule has 1 aromatic heterocycles. The number of aldehydes is 1. The van der Waals surface area contributed by atoms with E-state index in [1.54, 1.807) is 12.1 Å². The average molecular weight is 726 g/mol. The molecule has 2 heterocycles. The molecule has 0 saturated heterocycles. The number of allylic oxidation sites excluding steroid dienone is 2. The summed E-state index contributed by atoms with van der Waals surface area (Å²) < 4.78 is 0. The number of para-hydroxylation sites is 3. The van der Waals surface area contributed by atoms with Crippen LogP contribution in [0.1, 0.15) is 72.3 Å². The number of anilines is 2. The quantitative estimate of drug-likeness (QED) is 0.108. The number of hydrogen-bond donors (Lipinski definition) is 2. The molecule has 4 heteroatoms. The van der Waals surface area contributed by atoms with Crippen LogP contribution in [0.15, 0.2) is 182 Å². The van der Waals surface area contributed by atoms with Gasteiger partial charge in [0, 0.05) is 27.9 Å². The minimum atomic E-state index is 0.413. The molecule has 7 aromatic rings. The highest BCUT2D eigenvalue weighted by Gasteiger charge is 2.31. The van der Waals surface area contributed by atoms with Gasteiger partial charge in [-0.2, -0.15) is 0 Å². The second-order valence-electron chi connectivity index (χ2n) is 13.5. The van der Waals surface area contributed by atoms with Crippen molar-refractivity contribution in [2.24, 2.45) is 5.92 Å². The van der Waals surface area contributed by atoms with Gasteiger partial charge in [-0.25, -0.2) is 4.98 Å². The van der Waals surface area contributed by atoms with E-state index in [-0.39, 0.29) is 0 Å². The Labute approximate surface area is 328 Å². The first-order chi connectivity index (χ1) is 26.8. The summed E-state index contributed by atoms with van der Waals surface area (Å²) in [5.41, 5.74) is 16.9. The number of aromatic nitrogens is 1. The maximum absolute atomic E-state index is 10.0. The van der Waals surface area contributed by atoms with Gasteiger partial charge >= 0.3 is 0 Å². The topological polar surface area (TPSA) is 68.0 Å². The number of nitrogen functional groups attached to an aromatic ring is 1. The van der Waals surface area contributed by atoms with Crippen LogP contribution in [0.3, 0.4) is 0 Å². The van der Waals surface area contributed by atoms with Gasteiger partial charge in [0.1, 0.15) is 6.29 Å². The highest BCUT2D eigenvalue weighted by molar-refractivity contribution is 5.86. The van der Waals surface area contributed by atoms with Crippen LogP contribution in [0, 0.1) is 19.8 Å². The fourth-order valence-corrected chi connectivity index (χ4v) is 6.28. The standard InChI is InChI=1S/C17H19N.C17H15N.C7H6O.C6H7N.C4H8/c2*1-12-13(2)17(14-8-4-3-5-9-14)18-16-11-7-6-10-15(12)16;8-6-7-4-2-1-3-5-7;7-6-4-2-1-3-5-6;1-3-4-2/h3-13,17-18H,1-2H3;3-11H,1-2H3;1-6H;1-5H,7H2;3-4H,1-2H3/b;;;;4-3-. The molecule has 280 valence electrons. The summed E-state index contributed by atoms with van der Waals surface area (Å²) >= 11 is 0. The molecule has 0 radical (unpaired) electrons. The minimum Gasteiger partial charge on any atom is -0.399 e. The van der Waals surface area contributed by atoms with Crippen molar-refractivity contribution in [3.63, 3.8) is 0 Å². The summed E-state index contributed by atoms with van der Waals surface area (Å²) in [7, 11) is 0. The number of hydrogen-bond acceptors (Lipinski definition) is 4. The van der Waals surface area contributed by atoms with Crippen LogP contribution in [0.4, 0.5) is 11.4 Å². The molecule has 8 rings (SSSR count). The first-order valence-corrected chi connectivity index (χ1v) is 19.0. The predicted octanol–water partition coefficient (Wildman–Crippen LogP) is 13.5. The van der Waals surface area contributed by atoms with E-state index in [1.807, 2.05) is 86.7 Å². The second-order valence-corrected chi connectivity index (χ2v) is 13.5. The molecule has 3 N–H and O–H groups in total. The van der Waals surface area contributed by atoms with Crippen molar-refractivity contribution < 1.29 is 4.79 Å². The number of aryl methyl sites for hydroxylation is 1. The monoisotopic (exact) mass is 725 g/mol. The van der Waals surface area contributed by atoms with Crippen molar-refractivity contribution in [1.82, 2.24) is 4.98 Å². The van der Waals surface area contributed by atoms with E-state index in [9.17, 15) is 4.79 Å². The first-order valence-electron chi connectivity index (χ1n) is 19.0. The Morgan fingerprint density at radius 2 is 1.11 bits per heavy atom. The summed E-state index contributed by atoms with van der Waals surface area (Å²) in [5.74, 6) is 1.19. The maximum Gasteiger partial charge on any atom is 0.150 e. The van der Waals surface area contributed by atoms with Gasteiger partial charge in [0.05, 0.1) is 17.3 Å². The lowest BCUT2D eigenvalue weighted by Gasteiger charge is -2.37. The third-order valence-electron chi connectivity index (χ3n) is 9.81. The zero-order valence-corrected chi connectivity index (χ0v) is 33.1. The normalized spacial score (nSPS) is 15.1. The zero-order valence-electron chi connectivity index (χ0n) is 33.1. The highest BCUT2D eigenvalue weighted by atomic mass is 16.1. The molecular formula is C51H55N3O. The summed E-state index contributed by atoms with van der Waals surface area (Å²) in [6.45, 7) is 13.0. The van der Waals surface area contributed by atoms with Crippen molar-refractivity contribution in [2.75, 3.05) is 11.1 Å². The number of nitrogens with one attached hydrogen (secondary N) is 1. The number of benzene rings is 6. The molecule has 6 aromatic carbocycles. The maximum atomic E-state index is 10.0. The smallest absolute Gasteiger partial charge is 0.150 e. The van der Waals surface area contributed by atoms with Crippen LogP contribution < -0.4 is 11.1 Å². The highest BCUT2D eigenvalue weighted by Crippen LogP contribution is 2.43. The molecule has 55 heavy (non-hydrogen) atoms. The van der Waals surface area contributed by atoms with Gasteiger partial charge in [-0.05, 0) is 86.1 Å². The Hall–Kier alpha value is -6.26. The molecule has 1 aliphatic heterocycles. The lowest BCUT2D eigenvalue weighted by atomic mass is 9.77. The lowest BCUT2D eigenvalue weighted by molar-refractivity contribution is 0.112. The molecule has 0 aliphatic carbocycles. The van der Waals surface area contributed by atoms with Gasteiger partial charge in [-0.15, -0.1) is 0 Å². The minimum absolute atomic E-state index is 0.413. The Bertz CT molecular complexity index is 2180. The third-order valence-corrected chi connectivity index (χ3v) is 9.81. The molecular weight excluding hydrogens is 671 g/mol. The second kappa shape index (κ2) is 22.1. The van der Waals surface area contributed by atoms with Gasteiger partial charge in [0.15, 0.2) is 0 Å². The van der Waals surface area contributed by atoms with Gasteiger partial charge in [0.2, 0.25) is 0 Å². The van der Waals surface area contributed by atoms with Gasteiger partial charge < -0.3 is 11.1 Å². The Morgan fingerprint density at radius 1 is 0.600 bits per heavy atom. The molecule has 3 unspecified atom stereocenters. The summed E-state index contributed by atoms with van der Waals surface area (Å²) in [4.78, 5) is 14.8. The van der Waals surface area contributed by atoms with Crippen molar-refractivity contribution in [2.45, 2.75) is 53.5 Å². The number of carbonyl (C=O) groups excluding carboxylic acids is 1. The van der Waals surface area contributed by atoms with Crippen molar-refractivity contribution >= 4 is 28.6 Å². The largest absolute Gasteiger partial charge is 0.399 e. The lowest BCUT2D eigenvalue weighted by Crippen LogP contribution is -2.28. The Morgan fingerprint density at radius 3 is 1.65 bits per heavy atom. The number of fused-ring (bicyclic) bond motifs is 2. The molecule has 0 saturated carbocycles. The average Bonchev–Trinajstić information content (AvgIpc) is 3.25. The predicted molar refractivity (Wildman–Crippen MR) is 237 cm³/mol. The van der Waals surface area contributed by atoms with E-state index in [2.05, 4.69) is 130 Å².